The van der Waals surface area contributed by atoms with Crippen LogP contribution >= 0.6 is 0 Å². The first-order valence-electron chi connectivity index (χ1n) is 10.5. The first-order valence-corrected chi connectivity index (χ1v) is 12.0. The van der Waals surface area contributed by atoms with Crippen molar-refractivity contribution in [1.82, 2.24) is 9.62 Å². The summed E-state index contributed by atoms with van der Waals surface area (Å²) in [5.41, 5.74) is 0.725. The van der Waals surface area contributed by atoms with Gasteiger partial charge in [-0.1, -0.05) is 42.8 Å². The number of sulfonamides is 1. The summed E-state index contributed by atoms with van der Waals surface area (Å²) in [7, 11) is -3.97. The number of rotatable bonds is 9. The van der Waals surface area contributed by atoms with Crippen LogP contribution in [0.2, 0.25) is 0 Å². The topological polar surface area (TPSA) is 121 Å². The molecule has 0 aliphatic carbocycles. The van der Waals surface area contributed by atoms with Crippen LogP contribution in [0.3, 0.4) is 0 Å². The molecule has 0 fully saturated rings. The Labute approximate surface area is 190 Å². The molecule has 0 spiro atoms. The molecule has 0 aromatic heterocycles. The number of aromatic carboxylic acids is 1. The maximum atomic E-state index is 12.9. The van der Waals surface area contributed by atoms with Gasteiger partial charge in [0.25, 0.3) is 11.8 Å². The van der Waals surface area contributed by atoms with Crippen LogP contribution in [0.15, 0.2) is 65.6 Å². The molecule has 1 aliphatic rings. The summed E-state index contributed by atoms with van der Waals surface area (Å²) in [5, 5.41) is 10.7. The quantitative estimate of drug-likeness (QED) is 0.369. The minimum Gasteiger partial charge on any atom is -0.478 e. The molecule has 3 aromatic rings. The van der Waals surface area contributed by atoms with E-state index in [1.807, 2.05) is 12.1 Å². The van der Waals surface area contributed by atoms with E-state index in [4.69, 9.17) is 0 Å². The summed E-state index contributed by atoms with van der Waals surface area (Å²) in [5.74, 6) is -1.96. The molecule has 4 rings (SSSR count). The number of carboxylic acids is 1. The van der Waals surface area contributed by atoms with Gasteiger partial charge in [0, 0.05) is 29.6 Å². The lowest BCUT2D eigenvalue weighted by Crippen LogP contribution is -2.40. The number of carboxylic acid groups (broad SMARTS) is 1. The summed E-state index contributed by atoms with van der Waals surface area (Å²) < 4.78 is 27.3. The first kappa shape index (κ1) is 22.6. The van der Waals surface area contributed by atoms with Crippen molar-refractivity contribution in [2.75, 3.05) is 13.1 Å². The maximum Gasteiger partial charge on any atom is 0.337 e. The molecule has 0 radical (unpaired) electrons. The van der Waals surface area contributed by atoms with Crippen LogP contribution in [0, 0.1) is 0 Å². The second kappa shape index (κ2) is 9.13. The van der Waals surface area contributed by atoms with Crippen LogP contribution < -0.4 is 4.72 Å². The van der Waals surface area contributed by atoms with E-state index >= 15 is 0 Å². The largest absolute Gasteiger partial charge is 0.478 e. The number of imide groups is 1. The zero-order valence-electron chi connectivity index (χ0n) is 17.7. The predicted octanol–water partition coefficient (Wildman–Crippen LogP) is 3.28. The minimum atomic E-state index is -3.97. The predicted molar refractivity (Wildman–Crippen MR) is 122 cm³/mol. The van der Waals surface area contributed by atoms with Gasteiger partial charge in [0.05, 0.1) is 10.5 Å². The van der Waals surface area contributed by atoms with Gasteiger partial charge in [0.1, 0.15) is 0 Å². The Balaban J connectivity index is 1.33. The third kappa shape index (κ3) is 4.37. The fraction of sp³-hybridized carbons (Fsp3) is 0.208. The smallest absolute Gasteiger partial charge is 0.337 e. The molecule has 3 aromatic carbocycles. The van der Waals surface area contributed by atoms with E-state index in [0.29, 0.717) is 35.8 Å². The molecule has 0 saturated heterocycles. The number of nitrogens with one attached hydrogen (secondary N) is 1. The molecule has 0 bridgehead atoms. The van der Waals surface area contributed by atoms with Crippen LogP contribution in [-0.4, -0.2) is 49.3 Å². The Kier molecular flexibility index (Phi) is 6.26. The molecule has 8 nitrogen and oxygen atoms in total. The Morgan fingerprint density at radius 3 is 2.12 bits per heavy atom. The van der Waals surface area contributed by atoms with Gasteiger partial charge in [-0.3, -0.25) is 14.5 Å². The van der Waals surface area contributed by atoms with Gasteiger partial charge in [-0.2, -0.15) is 0 Å². The SMILES string of the molecule is O=C(O)c1ccccc1S(=O)(=O)NCCCCCN1C(=O)c2cccc3cccc(c23)C1=O. The molecule has 1 heterocycles. The van der Waals surface area contributed by atoms with Crippen LogP contribution in [0.4, 0.5) is 0 Å². The fourth-order valence-electron chi connectivity index (χ4n) is 4.02. The van der Waals surface area contributed by atoms with Crippen molar-refractivity contribution in [1.29, 1.82) is 0 Å². The van der Waals surface area contributed by atoms with E-state index in [-0.39, 0.29) is 35.4 Å². The number of carbonyl (C=O) groups is 3. The third-order valence-electron chi connectivity index (χ3n) is 5.61. The molecule has 1 aliphatic heterocycles. The normalized spacial score (nSPS) is 13.5. The van der Waals surface area contributed by atoms with Crippen LogP contribution in [0.5, 0.6) is 0 Å². The van der Waals surface area contributed by atoms with Gasteiger partial charge >= 0.3 is 5.97 Å². The van der Waals surface area contributed by atoms with Gasteiger partial charge in [-0.25, -0.2) is 17.9 Å². The highest BCUT2D eigenvalue weighted by Gasteiger charge is 2.32. The van der Waals surface area contributed by atoms with Gasteiger partial charge in [0.15, 0.2) is 0 Å². The van der Waals surface area contributed by atoms with Crippen LogP contribution in [0.1, 0.15) is 50.3 Å². The van der Waals surface area contributed by atoms with E-state index in [0.717, 1.165) is 5.39 Å². The van der Waals surface area contributed by atoms with Gasteiger partial charge in [-0.15, -0.1) is 0 Å². The van der Waals surface area contributed by atoms with Crippen molar-refractivity contribution in [3.05, 3.63) is 77.4 Å². The number of unbranched alkanes of at least 4 members (excludes halogenated alkanes) is 2. The van der Waals surface area contributed by atoms with Crippen LogP contribution in [-0.2, 0) is 10.0 Å². The average molecular weight is 467 g/mol. The third-order valence-corrected chi connectivity index (χ3v) is 7.13. The summed E-state index contributed by atoms with van der Waals surface area (Å²) in [6.45, 7) is 0.345. The number of benzene rings is 3. The van der Waals surface area contributed by atoms with Gasteiger partial charge in [0.2, 0.25) is 10.0 Å². The lowest BCUT2D eigenvalue weighted by molar-refractivity contribution is 0.0606. The number of amides is 2. The summed E-state index contributed by atoms with van der Waals surface area (Å²) in [4.78, 5) is 38.0. The zero-order valence-corrected chi connectivity index (χ0v) is 18.5. The maximum absolute atomic E-state index is 12.9. The van der Waals surface area contributed by atoms with Crippen molar-refractivity contribution < 1.29 is 27.9 Å². The lowest BCUT2D eigenvalue weighted by Gasteiger charge is -2.27. The standard InChI is InChI=1S/C24H22N2O6S/c27-22-18-11-6-8-16-9-7-12-19(21(16)18)23(28)26(22)15-5-1-4-14-25-33(31,32)20-13-3-2-10-17(20)24(29)30/h2-3,6-13,25H,1,4-5,14-15H2,(H,29,30). The second-order valence-corrected chi connectivity index (χ2v) is 9.47. The Morgan fingerprint density at radius 1 is 0.848 bits per heavy atom. The van der Waals surface area contributed by atoms with E-state index in [1.54, 1.807) is 24.3 Å². The van der Waals surface area contributed by atoms with Crippen molar-refractivity contribution >= 4 is 38.6 Å². The van der Waals surface area contributed by atoms with E-state index in [2.05, 4.69) is 4.72 Å². The lowest BCUT2D eigenvalue weighted by atomic mass is 9.94. The Bertz CT molecular complexity index is 1320. The van der Waals surface area contributed by atoms with Crippen molar-refractivity contribution in [3.8, 4) is 0 Å². The molecule has 0 atom stereocenters. The molecule has 9 heteroatoms. The second-order valence-electron chi connectivity index (χ2n) is 7.73. The van der Waals surface area contributed by atoms with Crippen LogP contribution in [0.25, 0.3) is 10.8 Å². The Morgan fingerprint density at radius 2 is 1.48 bits per heavy atom. The molecule has 170 valence electrons. The van der Waals surface area contributed by atoms with E-state index in [1.165, 1.54) is 29.2 Å². The molecule has 33 heavy (non-hydrogen) atoms. The summed E-state index contributed by atoms with van der Waals surface area (Å²) in [6, 6.07) is 16.2. The number of nitrogens with zero attached hydrogens (tertiary/aromatic N) is 1. The van der Waals surface area contributed by atoms with Gasteiger partial charge < -0.3 is 5.11 Å². The minimum absolute atomic E-state index is 0.111. The molecule has 2 amide bonds. The first-order chi connectivity index (χ1) is 15.8. The molecule has 0 saturated carbocycles. The van der Waals surface area contributed by atoms with Crippen molar-refractivity contribution in [2.45, 2.75) is 24.2 Å². The highest BCUT2D eigenvalue weighted by molar-refractivity contribution is 7.89. The molecular weight excluding hydrogens is 444 g/mol. The molecule has 0 unspecified atom stereocenters. The summed E-state index contributed by atoms with van der Waals surface area (Å²) in [6.07, 6.45) is 1.56. The van der Waals surface area contributed by atoms with Gasteiger partial charge in [-0.05, 0) is 42.5 Å². The molecular formula is C24H22N2O6S. The highest BCUT2D eigenvalue weighted by Crippen LogP contribution is 2.30. The summed E-state index contributed by atoms with van der Waals surface area (Å²) >= 11 is 0. The Hall–Kier alpha value is -3.56. The van der Waals surface area contributed by atoms with Crippen molar-refractivity contribution in [2.24, 2.45) is 0 Å². The number of hydrogen-bond acceptors (Lipinski definition) is 5. The fourth-order valence-corrected chi connectivity index (χ4v) is 5.29. The van der Waals surface area contributed by atoms with E-state index < -0.39 is 16.0 Å². The zero-order chi connectivity index (χ0) is 23.6. The highest BCUT2D eigenvalue weighted by atomic mass is 32.2. The average Bonchev–Trinajstić information content (AvgIpc) is 2.81. The molecule has 2 N–H and O–H groups in total. The monoisotopic (exact) mass is 466 g/mol. The van der Waals surface area contributed by atoms with Crippen molar-refractivity contribution in [3.63, 3.8) is 0 Å². The number of carbonyl (C=O) groups excluding carboxylic acids is 2. The van der Waals surface area contributed by atoms with E-state index in [9.17, 15) is 27.9 Å². The number of hydrogen-bond donors (Lipinski definition) is 2.